The van der Waals surface area contributed by atoms with E-state index in [9.17, 15) is 0 Å². The molecule has 1 heterocycles. The fourth-order valence-corrected chi connectivity index (χ4v) is 2.14. The SMILES string of the molecule is CCCN(CC)c1ccc(CNCC(C)C)c(C)n1. The van der Waals surface area contributed by atoms with Crippen LogP contribution in [0.5, 0.6) is 0 Å². The van der Waals surface area contributed by atoms with E-state index in [4.69, 9.17) is 4.98 Å². The van der Waals surface area contributed by atoms with Gasteiger partial charge in [-0.1, -0.05) is 26.8 Å². The van der Waals surface area contributed by atoms with Crippen LogP contribution in [0.1, 0.15) is 45.4 Å². The van der Waals surface area contributed by atoms with E-state index >= 15 is 0 Å². The van der Waals surface area contributed by atoms with E-state index in [1.165, 1.54) is 5.56 Å². The molecule has 0 aliphatic carbocycles. The molecule has 3 nitrogen and oxygen atoms in total. The largest absolute Gasteiger partial charge is 0.357 e. The molecule has 1 rings (SSSR count). The first kappa shape index (κ1) is 16.0. The number of rotatable bonds is 8. The van der Waals surface area contributed by atoms with Gasteiger partial charge in [-0.15, -0.1) is 0 Å². The molecule has 0 fully saturated rings. The zero-order valence-corrected chi connectivity index (χ0v) is 13.2. The zero-order chi connectivity index (χ0) is 14.3. The van der Waals surface area contributed by atoms with Crippen molar-refractivity contribution in [2.24, 2.45) is 5.92 Å². The van der Waals surface area contributed by atoms with Gasteiger partial charge in [-0.25, -0.2) is 4.98 Å². The van der Waals surface area contributed by atoms with Gasteiger partial charge in [0.05, 0.1) is 0 Å². The Kier molecular flexibility index (Phi) is 6.85. The average Bonchev–Trinajstić information content (AvgIpc) is 2.37. The van der Waals surface area contributed by atoms with Crippen LogP contribution in [0.3, 0.4) is 0 Å². The van der Waals surface area contributed by atoms with Crippen molar-refractivity contribution in [3.63, 3.8) is 0 Å². The van der Waals surface area contributed by atoms with Crippen LogP contribution in [-0.2, 0) is 6.54 Å². The van der Waals surface area contributed by atoms with Crippen molar-refractivity contribution in [3.8, 4) is 0 Å². The van der Waals surface area contributed by atoms with Crippen molar-refractivity contribution in [2.45, 2.75) is 47.6 Å². The Bertz CT molecular complexity index is 374. The predicted molar refractivity (Wildman–Crippen MR) is 83.7 cm³/mol. The molecule has 0 saturated carbocycles. The molecule has 0 unspecified atom stereocenters. The summed E-state index contributed by atoms with van der Waals surface area (Å²) in [5, 5.41) is 3.48. The Balaban J connectivity index is 2.68. The summed E-state index contributed by atoms with van der Waals surface area (Å²) in [6, 6.07) is 4.36. The minimum atomic E-state index is 0.688. The second-order valence-electron chi connectivity index (χ2n) is 5.52. The quantitative estimate of drug-likeness (QED) is 0.779. The summed E-state index contributed by atoms with van der Waals surface area (Å²) < 4.78 is 0. The smallest absolute Gasteiger partial charge is 0.128 e. The van der Waals surface area contributed by atoms with Crippen LogP contribution in [0, 0.1) is 12.8 Å². The van der Waals surface area contributed by atoms with E-state index in [-0.39, 0.29) is 0 Å². The monoisotopic (exact) mass is 263 g/mol. The van der Waals surface area contributed by atoms with E-state index in [2.05, 4.69) is 57.0 Å². The number of aryl methyl sites for hydroxylation is 1. The normalized spacial score (nSPS) is 11.1. The average molecular weight is 263 g/mol. The molecule has 0 amide bonds. The summed E-state index contributed by atoms with van der Waals surface area (Å²) in [6.07, 6.45) is 1.16. The van der Waals surface area contributed by atoms with Crippen LogP contribution >= 0.6 is 0 Å². The Labute approximate surface area is 118 Å². The lowest BCUT2D eigenvalue weighted by Crippen LogP contribution is -2.25. The topological polar surface area (TPSA) is 28.2 Å². The summed E-state index contributed by atoms with van der Waals surface area (Å²) in [4.78, 5) is 7.08. The number of anilines is 1. The van der Waals surface area contributed by atoms with Gasteiger partial charge in [-0.05, 0) is 44.4 Å². The first-order valence-electron chi connectivity index (χ1n) is 7.50. The highest BCUT2D eigenvalue weighted by Crippen LogP contribution is 2.15. The maximum absolute atomic E-state index is 4.75. The van der Waals surface area contributed by atoms with Crippen LogP contribution in [0.2, 0.25) is 0 Å². The Morgan fingerprint density at radius 2 is 2.00 bits per heavy atom. The number of nitrogens with one attached hydrogen (secondary N) is 1. The number of pyridine rings is 1. The lowest BCUT2D eigenvalue weighted by atomic mass is 10.1. The standard InChI is InChI=1S/C16H29N3/c1-6-10-19(7-2)16-9-8-15(14(5)18-16)12-17-11-13(3)4/h8-9,13,17H,6-7,10-12H2,1-5H3. The highest BCUT2D eigenvalue weighted by atomic mass is 15.2. The maximum Gasteiger partial charge on any atom is 0.128 e. The van der Waals surface area contributed by atoms with Gasteiger partial charge in [0.2, 0.25) is 0 Å². The molecule has 0 aliphatic rings. The summed E-state index contributed by atoms with van der Waals surface area (Å²) in [6.45, 7) is 15.0. The molecule has 1 N–H and O–H groups in total. The van der Waals surface area contributed by atoms with Gasteiger partial charge < -0.3 is 10.2 Å². The van der Waals surface area contributed by atoms with Gasteiger partial charge in [0.1, 0.15) is 5.82 Å². The highest BCUT2D eigenvalue weighted by Gasteiger charge is 2.07. The van der Waals surface area contributed by atoms with Crippen molar-refractivity contribution >= 4 is 5.82 Å². The summed E-state index contributed by atoms with van der Waals surface area (Å²) in [5.41, 5.74) is 2.44. The van der Waals surface area contributed by atoms with Gasteiger partial charge in [0.15, 0.2) is 0 Å². The van der Waals surface area contributed by atoms with Gasteiger partial charge in [0, 0.05) is 25.3 Å². The third-order valence-corrected chi connectivity index (χ3v) is 3.25. The van der Waals surface area contributed by atoms with Crippen LogP contribution in [-0.4, -0.2) is 24.6 Å². The molecular formula is C16H29N3. The molecule has 19 heavy (non-hydrogen) atoms. The maximum atomic E-state index is 4.75. The second kappa shape index (κ2) is 8.16. The first-order valence-corrected chi connectivity index (χ1v) is 7.50. The molecule has 0 aromatic carbocycles. The van der Waals surface area contributed by atoms with Gasteiger partial charge >= 0.3 is 0 Å². The van der Waals surface area contributed by atoms with Gasteiger partial charge in [0.25, 0.3) is 0 Å². The molecular weight excluding hydrogens is 234 g/mol. The molecule has 3 heteroatoms. The molecule has 0 saturated heterocycles. The predicted octanol–water partition coefficient (Wildman–Crippen LogP) is 3.37. The Morgan fingerprint density at radius 3 is 2.53 bits per heavy atom. The van der Waals surface area contributed by atoms with Crippen molar-refractivity contribution < 1.29 is 0 Å². The fourth-order valence-electron chi connectivity index (χ4n) is 2.14. The minimum absolute atomic E-state index is 0.688. The van der Waals surface area contributed by atoms with Crippen LogP contribution < -0.4 is 10.2 Å². The first-order chi connectivity index (χ1) is 9.08. The van der Waals surface area contributed by atoms with Crippen molar-refractivity contribution in [2.75, 3.05) is 24.5 Å². The molecule has 1 aromatic heterocycles. The fraction of sp³-hybridized carbons (Fsp3) is 0.688. The van der Waals surface area contributed by atoms with E-state index in [1.54, 1.807) is 0 Å². The molecule has 0 aliphatic heterocycles. The van der Waals surface area contributed by atoms with Gasteiger partial charge in [-0.2, -0.15) is 0 Å². The van der Waals surface area contributed by atoms with Gasteiger partial charge in [-0.3, -0.25) is 0 Å². The van der Waals surface area contributed by atoms with Crippen LogP contribution in [0.4, 0.5) is 5.82 Å². The van der Waals surface area contributed by atoms with E-state index < -0.39 is 0 Å². The van der Waals surface area contributed by atoms with Crippen LogP contribution in [0.15, 0.2) is 12.1 Å². The lowest BCUT2D eigenvalue weighted by Gasteiger charge is -2.22. The third kappa shape index (κ3) is 5.19. The lowest BCUT2D eigenvalue weighted by molar-refractivity contribution is 0.551. The Morgan fingerprint density at radius 1 is 1.26 bits per heavy atom. The molecule has 0 spiro atoms. The summed E-state index contributed by atoms with van der Waals surface area (Å²) >= 11 is 0. The number of aromatic nitrogens is 1. The summed E-state index contributed by atoms with van der Waals surface area (Å²) in [7, 11) is 0. The molecule has 1 aromatic rings. The third-order valence-electron chi connectivity index (χ3n) is 3.25. The molecule has 0 atom stereocenters. The van der Waals surface area contributed by atoms with E-state index in [0.29, 0.717) is 5.92 Å². The molecule has 0 bridgehead atoms. The van der Waals surface area contributed by atoms with Crippen molar-refractivity contribution in [1.29, 1.82) is 0 Å². The number of hydrogen-bond donors (Lipinski definition) is 1. The zero-order valence-electron chi connectivity index (χ0n) is 13.2. The Hall–Kier alpha value is -1.09. The summed E-state index contributed by atoms with van der Waals surface area (Å²) in [5.74, 6) is 1.79. The molecule has 108 valence electrons. The molecule has 0 radical (unpaired) electrons. The van der Waals surface area contributed by atoms with Crippen LogP contribution in [0.25, 0.3) is 0 Å². The van der Waals surface area contributed by atoms with Crippen molar-refractivity contribution in [1.82, 2.24) is 10.3 Å². The van der Waals surface area contributed by atoms with Crippen molar-refractivity contribution in [3.05, 3.63) is 23.4 Å². The number of hydrogen-bond acceptors (Lipinski definition) is 3. The van der Waals surface area contributed by atoms with E-state index in [0.717, 1.165) is 44.1 Å². The minimum Gasteiger partial charge on any atom is -0.357 e. The number of nitrogens with zero attached hydrogens (tertiary/aromatic N) is 2. The second-order valence-corrected chi connectivity index (χ2v) is 5.52. The van der Waals surface area contributed by atoms with E-state index in [1.807, 2.05) is 0 Å². The highest BCUT2D eigenvalue weighted by molar-refractivity contribution is 5.41.